The Bertz CT molecular complexity index is 706. The van der Waals surface area contributed by atoms with Crippen LogP contribution in [0.15, 0.2) is 42.7 Å². The summed E-state index contributed by atoms with van der Waals surface area (Å²) in [6.45, 7) is -0.718. The van der Waals surface area contributed by atoms with Gasteiger partial charge in [0.25, 0.3) is 12.3 Å². The monoisotopic (exact) mass is 347 g/mol. The number of aromatic nitrogens is 2. The minimum absolute atomic E-state index is 0.0647. The van der Waals surface area contributed by atoms with E-state index in [0.29, 0.717) is 5.82 Å². The van der Waals surface area contributed by atoms with Crippen molar-refractivity contribution < 1.29 is 18.3 Å². The summed E-state index contributed by atoms with van der Waals surface area (Å²) >= 11 is 0. The van der Waals surface area contributed by atoms with Crippen molar-refractivity contribution >= 4 is 11.7 Å². The van der Waals surface area contributed by atoms with Gasteiger partial charge in [-0.25, -0.2) is 13.8 Å². The number of pyridine rings is 2. The van der Waals surface area contributed by atoms with Gasteiger partial charge in [-0.2, -0.15) is 0 Å². The average Bonchev–Trinajstić information content (AvgIpc) is 3.15. The van der Waals surface area contributed by atoms with E-state index in [1.807, 2.05) is 6.07 Å². The van der Waals surface area contributed by atoms with Crippen LogP contribution in [0.2, 0.25) is 0 Å². The second kappa shape index (κ2) is 8.00. The number of alkyl halides is 2. The van der Waals surface area contributed by atoms with Crippen molar-refractivity contribution in [3.8, 4) is 5.75 Å². The third-order valence-electron chi connectivity index (χ3n) is 4.13. The molecule has 3 rings (SSSR count). The van der Waals surface area contributed by atoms with Crippen molar-refractivity contribution in [1.82, 2.24) is 9.97 Å². The summed E-state index contributed by atoms with van der Waals surface area (Å²) in [7, 11) is 0. The smallest absolute Gasteiger partial charge is 0.278 e. The van der Waals surface area contributed by atoms with E-state index >= 15 is 0 Å². The zero-order chi connectivity index (χ0) is 17.6. The van der Waals surface area contributed by atoms with E-state index in [0.717, 1.165) is 25.7 Å². The first-order valence-corrected chi connectivity index (χ1v) is 8.27. The van der Waals surface area contributed by atoms with E-state index in [-0.39, 0.29) is 23.4 Å². The Labute approximate surface area is 144 Å². The highest BCUT2D eigenvalue weighted by molar-refractivity contribution is 6.04. The Morgan fingerprint density at radius 3 is 2.68 bits per heavy atom. The molecule has 25 heavy (non-hydrogen) atoms. The molecule has 0 unspecified atom stereocenters. The molecule has 0 bridgehead atoms. The average molecular weight is 347 g/mol. The van der Waals surface area contributed by atoms with E-state index in [9.17, 15) is 13.6 Å². The van der Waals surface area contributed by atoms with Gasteiger partial charge < -0.3 is 4.74 Å². The number of hydrogen-bond donors (Lipinski definition) is 0. The molecule has 0 N–H and O–H groups in total. The van der Waals surface area contributed by atoms with E-state index in [1.54, 1.807) is 23.2 Å². The molecule has 2 aromatic heterocycles. The van der Waals surface area contributed by atoms with Crippen LogP contribution in [0.5, 0.6) is 5.75 Å². The van der Waals surface area contributed by atoms with Crippen molar-refractivity contribution in [2.45, 2.75) is 38.2 Å². The first-order chi connectivity index (χ1) is 12.1. The van der Waals surface area contributed by atoms with Gasteiger partial charge in [0.05, 0.1) is 0 Å². The maximum atomic E-state index is 13.0. The highest BCUT2D eigenvalue weighted by atomic mass is 19.3. The molecule has 0 aliphatic heterocycles. The zero-order valence-corrected chi connectivity index (χ0v) is 13.6. The van der Waals surface area contributed by atoms with E-state index in [2.05, 4.69) is 9.97 Å². The molecular weight excluding hydrogens is 328 g/mol. The van der Waals surface area contributed by atoms with Crippen molar-refractivity contribution in [2.75, 3.05) is 11.5 Å². The molecule has 1 amide bonds. The lowest BCUT2D eigenvalue weighted by atomic mass is 10.2. The summed E-state index contributed by atoms with van der Waals surface area (Å²) in [6, 6.07) is 8.32. The number of ether oxygens (including phenoxy) is 1. The second-order valence-corrected chi connectivity index (χ2v) is 5.88. The van der Waals surface area contributed by atoms with E-state index < -0.39 is 13.0 Å². The van der Waals surface area contributed by atoms with Gasteiger partial charge in [-0.1, -0.05) is 18.9 Å². The van der Waals surface area contributed by atoms with Gasteiger partial charge in [-0.15, -0.1) is 0 Å². The minimum Gasteiger partial charge on any atom is -0.488 e. The van der Waals surface area contributed by atoms with Gasteiger partial charge in [-0.05, 0) is 31.0 Å². The number of hydrogen-bond acceptors (Lipinski definition) is 4. The van der Waals surface area contributed by atoms with Crippen molar-refractivity contribution in [3.63, 3.8) is 0 Å². The number of nitrogens with zero attached hydrogens (tertiary/aromatic N) is 3. The molecule has 0 saturated heterocycles. The molecule has 2 heterocycles. The largest absolute Gasteiger partial charge is 0.488 e. The third kappa shape index (κ3) is 4.29. The van der Waals surface area contributed by atoms with Gasteiger partial charge in [0.2, 0.25) is 0 Å². The van der Waals surface area contributed by atoms with Crippen molar-refractivity contribution in [1.29, 1.82) is 0 Å². The normalized spacial score (nSPS) is 14.7. The molecule has 5 nitrogen and oxygen atoms in total. The summed E-state index contributed by atoms with van der Waals surface area (Å²) in [5.74, 6) is 0.472. The van der Waals surface area contributed by atoms with Gasteiger partial charge >= 0.3 is 0 Å². The predicted octanol–water partition coefficient (Wildman–Crippen LogP) is 3.71. The molecule has 1 saturated carbocycles. The summed E-state index contributed by atoms with van der Waals surface area (Å²) in [6.07, 6.45) is 4.39. The Balaban J connectivity index is 1.86. The lowest BCUT2D eigenvalue weighted by molar-refractivity contribution is 0.0817. The van der Waals surface area contributed by atoms with Crippen LogP contribution >= 0.6 is 0 Å². The van der Waals surface area contributed by atoms with Gasteiger partial charge in [0.15, 0.2) is 0 Å². The number of carbonyl (C=O) groups is 1. The Morgan fingerprint density at radius 2 is 2.00 bits per heavy atom. The molecule has 1 aliphatic rings. The molecule has 7 heteroatoms. The molecule has 0 radical (unpaired) electrons. The van der Waals surface area contributed by atoms with Crippen LogP contribution < -0.4 is 9.64 Å². The lowest BCUT2D eigenvalue weighted by Gasteiger charge is -2.27. The number of rotatable bonds is 6. The first kappa shape index (κ1) is 17.3. The maximum absolute atomic E-state index is 13.0. The molecule has 0 spiro atoms. The molecule has 0 aromatic carbocycles. The summed E-state index contributed by atoms with van der Waals surface area (Å²) in [5, 5.41) is 0. The zero-order valence-electron chi connectivity index (χ0n) is 13.6. The van der Waals surface area contributed by atoms with Crippen molar-refractivity contribution in [2.24, 2.45) is 0 Å². The van der Waals surface area contributed by atoms with E-state index in [4.69, 9.17) is 4.74 Å². The van der Waals surface area contributed by atoms with Crippen molar-refractivity contribution in [3.05, 3.63) is 48.4 Å². The fourth-order valence-corrected chi connectivity index (χ4v) is 3.02. The summed E-state index contributed by atoms with van der Waals surface area (Å²) < 4.78 is 29.6. The number of carbonyl (C=O) groups excluding carboxylic acids is 1. The second-order valence-electron chi connectivity index (χ2n) is 5.88. The highest BCUT2D eigenvalue weighted by Crippen LogP contribution is 2.28. The van der Waals surface area contributed by atoms with Crippen LogP contribution in [0.4, 0.5) is 14.6 Å². The molecule has 132 valence electrons. The Morgan fingerprint density at radius 1 is 1.20 bits per heavy atom. The topological polar surface area (TPSA) is 55.3 Å². The summed E-state index contributed by atoms with van der Waals surface area (Å²) in [5.41, 5.74) is 0.157. The van der Waals surface area contributed by atoms with Crippen LogP contribution in [0, 0.1) is 0 Å². The minimum atomic E-state index is -2.57. The number of halogens is 2. The van der Waals surface area contributed by atoms with Crippen LogP contribution in [0.25, 0.3) is 0 Å². The molecule has 0 atom stereocenters. The van der Waals surface area contributed by atoms with Crippen LogP contribution in [0.1, 0.15) is 36.2 Å². The first-order valence-electron chi connectivity index (χ1n) is 8.27. The van der Waals surface area contributed by atoms with Crippen LogP contribution in [-0.4, -0.2) is 34.9 Å². The van der Waals surface area contributed by atoms with E-state index in [1.165, 1.54) is 18.3 Å². The third-order valence-corrected chi connectivity index (χ3v) is 4.13. The summed E-state index contributed by atoms with van der Waals surface area (Å²) in [4.78, 5) is 23.1. The fourth-order valence-electron chi connectivity index (χ4n) is 3.02. The highest BCUT2D eigenvalue weighted by Gasteiger charge is 2.30. The molecule has 2 aromatic rings. The van der Waals surface area contributed by atoms with Crippen LogP contribution in [0.3, 0.4) is 0 Å². The van der Waals surface area contributed by atoms with Gasteiger partial charge in [0, 0.05) is 24.5 Å². The number of amides is 1. The lowest BCUT2D eigenvalue weighted by Crippen LogP contribution is -2.40. The fraction of sp³-hybridized carbons (Fsp3) is 0.389. The predicted molar refractivity (Wildman–Crippen MR) is 89.0 cm³/mol. The quantitative estimate of drug-likeness (QED) is 0.799. The Kier molecular flexibility index (Phi) is 5.53. The Hall–Kier alpha value is -2.57. The molecule has 1 aliphatic carbocycles. The molecule has 1 fully saturated rings. The van der Waals surface area contributed by atoms with Crippen LogP contribution in [-0.2, 0) is 0 Å². The maximum Gasteiger partial charge on any atom is 0.278 e. The van der Waals surface area contributed by atoms with Gasteiger partial charge in [-0.3, -0.25) is 14.7 Å². The SMILES string of the molecule is O=C(c1cc(OCC(F)F)ccn1)N(c1ccccn1)C1CCCC1. The molecular formula is C18H19F2N3O2. The van der Waals surface area contributed by atoms with Gasteiger partial charge in [0.1, 0.15) is 23.9 Å². The standard InChI is InChI=1S/C18H19F2N3O2/c19-16(20)12-25-14-8-10-21-15(11-14)18(24)23(13-5-1-2-6-13)17-7-3-4-9-22-17/h3-4,7-11,13,16H,1-2,5-6,12H2. The number of anilines is 1.